The molecular weight excluding hydrogens is 406 g/mol. The number of benzene rings is 3. The zero-order valence-corrected chi connectivity index (χ0v) is 19.8. The Kier molecular flexibility index (Phi) is 12.1. The molecule has 0 heterocycles. The van der Waals surface area contributed by atoms with Crippen LogP contribution in [-0.4, -0.2) is 23.7 Å². The minimum atomic E-state index is -3.11. The van der Waals surface area contributed by atoms with Crippen LogP contribution in [0, 0.1) is 6.07 Å². The summed E-state index contributed by atoms with van der Waals surface area (Å²) >= 11 is 0. The van der Waals surface area contributed by atoms with Crippen molar-refractivity contribution in [3.8, 4) is 5.75 Å². The Hall–Kier alpha value is -1.59. The first-order valence-corrected chi connectivity index (χ1v) is 7.99. The predicted molar refractivity (Wildman–Crippen MR) is 89.1 cm³/mol. The summed E-state index contributed by atoms with van der Waals surface area (Å²) in [5, 5.41) is 30.4. The van der Waals surface area contributed by atoms with Crippen molar-refractivity contribution in [2.24, 2.45) is 10.2 Å². The van der Waals surface area contributed by atoms with Gasteiger partial charge in [-0.05, 0) is 24.3 Å². The number of rotatable bonds is 3. The molecule has 0 radical (unpaired) electrons. The number of aromatic carboxylic acids is 1. The Labute approximate surface area is 206 Å². The molecule has 0 aliphatic rings. The van der Waals surface area contributed by atoms with Crippen LogP contribution in [0.25, 0.3) is 10.8 Å². The molecule has 0 bridgehead atoms. The molecule has 132 valence electrons. The summed E-state index contributed by atoms with van der Waals surface area (Å²) in [6.45, 7) is 0. The molecule has 0 aliphatic heterocycles. The minimum Gasteiger partial charge on any atom is -0.545 e. The van der Waals surface area contributed by atoms with Gasteiger partial charge in [-0.1, -0.05) is 6.07 Å². The van der Waals surface area contributed by atoms with E-state index in [0.29, 0.717) is 11.4 Å². The molecule has 0 unspecified atom stereocenters. The monoisotopic (exact) mass is 416 g/mol. The molecule has 0 spiro atoms. The van der Waals surface area contributed by atoms with Gasteiger partial charge in [0.1, 0.15) is 5.75 Å². The number of fused-ring (bicyclic) bond motifs is 1. The molecule has 3 aromatic rings. The van der Waals surface area contributed by atoms with E-state index in [4.69, 9.17) is 12.6 Å². The van der Waals surface area contributed by atoms with Crippen molar-refractivity contribution in [3.63, 3.8) is 0 Å². The Morgan fingerprint density at radius 3 is 2.11 bits per heavy atom. The number of phenols is 1. The van der Waals surface area contributed by atoms with E-state index >= 15 is 0 Å². The molecule has 0 atom stereocenters. The topological polar surface area (TPSA) is 136 Å². The van der Waals surface area contributed by atoms with E-state index in [1.807, 2.05) is 30.3 Å². The van der Waals surface area contributed by atoms with Crippen LogP contribution in [0.1, 0.15) is 10.4 Å². The Balaban J connectivity index is 0.00000111. The van der Waals surface area contributed by atoms with E-state index in [1.54, 1.807) is 6.07 Å². The average Bonchev–Trinajstić information content (AvgIpc) is 2.60. The normalized spacial score (nSPS) is 9.57. The van der Waals surface area contributed by atoms with Crippen LogP contribution >= 0.6 is 0 Å². The number of aromatic hydroxyl groups is 1. The number of carboxylic acid groups (broad SMARTS) is 1. The van der Waals surface area contributed by atoms with Crippen molar-refractivity contribution in [2.75, 3.05) is 0 Å². The summed E-state index contributed by atoms with van der Waals surface area (Å²) < 4.78 is 25.3. The van der Waals surface area contributed by atoms with Gasteiger partial charge in [-0.15, -0.1) is 29.5 Å². The quantitative estimate of drug-likeness (QED) is 0.264. The number of azo groups is 1. The maximum atomic E-state index is 10.8. The summed E-state index contributed by atoms with van der Waals surface area (Å²) in [6.07, 6.45) is 0. The fourth-order valence-electron chi connectivity index (χ4n) is 2.04. The van der Waals surface area contributed by atoms with Crippen LogP contribution in [0.15, 0.2) is 64.8 Å². The number of carboxylic acids is 1. The van der Waals surface area contributed by atoms with Gasteiger partial charge in [0.2, 0.25) is 0 Å². The van der Waals surface area contributed by atoms with Crippen molar-refractivity contribution in [2.45, 2.75) is 0 Å². The van der Waals surface area contributed by atoms with Gasteiger partial charge in [0.25, 0.3) is 0 Å². The second-order valence-electron chi connectivity index (χ2n) is 4.85. The first-order valence-electron chi connectivity index (χ1n) is 6.99. The fraction of sp³-hybridized carbons (Fsp3) is 0. The van der Waals surface area contributed by atoms with E-state index in [9.17, 15) is 15.0 Å². The van der Waals surface area contributed by atoms with E-state index in [-0.39, 0.29) is 70.4 Å². The van der Waals surface area contributed by atoms with Crippen LogP contribution < -0.4 is 64.2 Å². The van der Waals surface area contributed by atoms with Gasteiger partial charge in [0.15, 0.2) is 0 Å². The van der Waals surface area contributed by atoms with E-state index in [0.717, 1.165) is 10.8 Å². The zero-order valence-electron chi connectivity index (χ0n) is 15.0. The van der Waals surface area contributed by atoms with Crippen molar-refractivity contribution >= 4 is 38.7 Å². The maximum absolute atomic E-state index is 10.8. The number of hydrogen-bond acceptors (Lipinski definition) is 8. The molecule has 3 rings (SSSR count). The molecule has 0 amide bonds. The third kappa shape index (κ3) is 8.19. The number of carbonyl (C=O) groups is 1. The standard InChI is InChI=1S/C17H11N2O3.2Na.O3S/c20-16-8-7-14(10-15(16)17(21)22)19-18-13-6-5-11-3-1-2-4-12(11)9-13;;;1-4(2)3/h2-10,20H,(H,21,22);;;/q-1;2*+1;/p-1. The molecule has 0 fully saturated rings. The van der Waals surface area contributed by atoms with E-state index < -0.39 is 16.6 Å². The average molecular weight is 416 g/mol. The van der Waals surface area contributed by atoms with Crippen LogP contribution in [0.4, 0.5) is 11.4 Å². The van der Waals surface area contributed by atoms with Gasteiger partial charge >= 0.3 is 69.7 Å². The first-order chi connectivity index (χ1) is 12.4. The Bertz CT molecular complexity index is 1100. The molecular formula is C17H10N2Na2O6S. The second kappa shape index (κ2) is 12.8. The summed E-state index contributed by atoms with van der Waals surface area (Å²) in [5.74, 6) is -1.82. The Morgan fingerprint density at radius 2 is 1.50 bits per heavy atom. The summed E-state index contributed by atoms with van der Waals surface area (Å²) in [5.41, 5.74) is 0.644. The van der Waals surface area contributed by atoms with Crippen LogP contribution in [0.2, 0.25) is 0 Å². The molecule has 8 nitrogen and oxygen atoms in total. The number of carbonyl (C=O) groups excluding carboxylic acids is 1. The van der Waals surface area contributed by atoms with Crippen LogP contribution in [-0.2, 0) is 10.6 Å². The SMILES string of the molecule is O=C([O-])c1cc(N=Nc2ccc3c[c-]ccc3c2)ccc1O.O=S(=O)=O.[Na+].[Na+]. The van der Waals surface area contributed by atoms with Gasteiger partial charge in [0, 0.05) is 5.56 Å². The van der Waals surface area contributed by atoms with Crippen LogP contribution in [0.5, 0.6) is 5.75 Å². The number of hydrogen-bond donors (Lipinski definition) is 1. The van der Waals surface area contributed by atoms with E-state index in [1.165, 1.54) is 18.2 Å². The third-order valence-electron chi connectivity index (χ3n) is 3.15. The first kappa shape index (κ1) is 26.4. The van der Waals surface area contributed by atoms with Crippen molar-refractivity contribution < 1.29 is 86.7 Å². The number of nitrogens with zero attached hydrogens (tertiary/aromatic N) is 2. The maximum Gasteiger partial charge on any atom is 1.00 e. The molecule has 0 saturated heterocycles. The largest absolute Gasteiger partial charge is 1.00 e. The smallest absolute Gasteiger partial charge is 0.545 e. The molecule has 0 aliphatic carbocycles. The summed E-state index contributed by atoms with van der Waals surface area (Å²) in [4.78, 5) is 10.8. The van der Waals surface area contributed by atoms with Crippen LogP contribution in [0.3, 0.4) is 0 Å². The molecule has 1 N–H and O–H groups in total. The third-order valence-corrected chi connectivity index (χ3v) is 3.15. The van der Waals surface area contributed by atoms with Gasteiger partial charge in [-0.2, -0.15) is 34.5 Å². The van der Waals surface area contributed by atoms with Crippen molar-refractivity contribution in [1.29, 1.82) is 0 Å². The molecule has 11 heteroatoms. The van der Waals surface area contributed by atoms with E-state index in [2.05, 4.69) is 16.3 Å². The molecule has 0 saturated carbocycles. The molecule has 3 aromatic carbocycles. The summed E-state index contributed by atoms with van der Waals surface area (Å²) in [7, 11) is -3.11. The fourth-order valence-corrected chi connectivity index (χ4v) is 2.04. The van der Waals surface area contributed by atoms with Crippen molar-refractivity contribution in [3.05, 3.63) is 66.2 Å². The molecule has 28 heavy (non-hydrogen) atoms. The van der Waals surface area contributed by atoms with Gasteiger partial charge in [-0.25, -0.2) is 0 Å². The second-order valence-corrected chi connectivity index (χ2v) is 5.26. The van der Waals surface area contributed by atoms with Crippen molar-refractivity contribution in [1.82, 2.24) is 0 Å². The molecule has 0 aromatic heterocycles. The van der Waals surface area contributed by atoms with Gasteiger partial charge in [0.05, 0.1) is 17.3 Å². The van der Waals surface area contributed by atoms with Gasteiger partial charge < -0.3 is 15.0 Å². The minimum absolute atomic E-state index is 0. The Morgan fingerprint density at radius 1 is 0.929 bits per heavy atom. The predicted octanol–water partition coefficient (Wildman–Crippen LogP) is -3.87. The summed E-state index contributed by atoms with van der Waals surface area (Å²) in [6, 6.07) is 18.1. The zero-order chi connectivity index (χ0) is 19.1. The van der Waals surface area contributed by atoms with Gasteiger partial charge in [-0.3, -0.25) is 0 Å².